The molecule has 1 aliphatic rings. The van der Waals surface area contributed by atoms with Crippen LogP contribution in [0.4, 0.5) is 0 Å². The van der Waals surface area contributed by atoms with Crippen molar-refractivity contribution < 1.29 is 0 Å². The molecule has 1 fully saturated rings. The lowest BCUT2D eigenvalue weighted by Crippen LogP contribution is -2.30. The topological polar surface area (TPSA) is 98.1 Å². The van der Waals surface area contributed by atoms with Gasteiger partial charge in [-0.05, 0) is 12.8 Å². The summed E-state index contributed by atoms with van der Waals surface area (Å²) in [5, 5.41) is 17.5. The summed E-state index contributed by atoms with van der Waals surface area (Å²) in [6.45, 7) is 0. The minimum Gasteiger partial charge on any atom is -0.396 e. The Labute approximate surface area is 95.8 Å². The Morgan fingerprint density at radius 1 is 1.31 bits per heavy atom. The zero-order chi connectivity index (χ0) is 11.8. The molecule has 5 heteroatoms. The number of nitrogens with zero attached hydrogens (tertiary/aromatic N) is 1. The molecule has 1 rings (SSSR count). The maximum atomic E-state index is 7.81. The van der Waals surface area contributed by atoms with Crippen molar-refractivity contribution in [1.29, 1.82) is 10.8 Å². The third-order valence-corrected chi connectivity index (χ3v) is 2.70. The Hall–Kier alpha value is -1.65. The van der Waals surface area contributed by atoms with Gasteiger partial charge in [-0.3, -0.25) is 5.41 Å². The van der Waals surface area contributed by atoms with E-state index in [0.717, 1.165) is 19.1 Å². The molecule has 0 aromatic heterocycles. The number of allylic oxidation sites excluding steroid dienone is 1. The summed E-state index contributed by atoms with van der Waals surface area (Å²) >= 11 is 0. The van der Waals surface area contributed by atoms with Crippen molar-refractivity contribution >= 4 is 18.4 Å². The van der Waals surface area contributed by atoms with E-state index in [1.165, 1.54) is 31.8 Å². The average molecular weight is 221 g/mol. The molecule has 1 saturated carbocycles. The van der Waals surface area contributed by atoms with Gasteiger partial charge < -0.3 is 16.5 Å². The van der Waals surface area contributed by atoms with Gasteiger partial charge in [0, 0.05) is 12.1 Å². The maximum absolute atomic E-state index is 7.81. The van der Waals surface area contributed by atoms with Gasteiger partial charge in [0.05, 0.1) is 18.2 Å². The molecule has 88 valence electrons. The quantitative estimate of drug-likeness (QED) is 0.428. The van der Waals surface area contributed by atoms with E-state index in [2.05, 4.69) is 10.3 Å². The molecule has 0 heterocycles. The highest BCUT2D eigenvalue weighted by molar-refractivity contribution is 5.91. The van der Waals surface area contributed by atoms with E-state index in [0.29, 0.717) is 17.5 Å². The van der Waals surface area contributed by atoms with Crippen LogP contribution >= 0.6 is 0 Å². The van der Waals surface area contributed by atoms with Crippen LogP contribution in [0, 0.1) is 16.7 Å². The lowest BCUT2D eigenvalue weighted by Gasteiger charge is -2.21. The van der Waals surface area contributed by atoms with Crippen molar-refractivity contribution in [1.82, 2.24) is 5.32 Å². The third-order valence-electron chi connectivity index (χ3n) is 2.70. The highest BCUT2D eigenvalue weighted by Gasteiger charge is 2.16. The second-order valence-electron chi connectivity index (χ2n) is 3.94. The number of nitrogens with one attached hydrogen (secondary N) is 3. The van der Waals surface area contributed by atoms with Crippen molar-refractivity contribution in [3.8, 4) is 0 Å². The van der Waals surface area contributed by atoms with Crippen LogP contribution in [0.15, 0.2) is 16.9 Å². The molecule has 0 radical (unpaired) electrons. The van der Waals surface area contributed by atoms with Gasteiger partial charge in [-0.25, -0.2) is 4.99 Å². The minimum absolute atomic E-state index is 0.294. The minimum atomic E-state index is 0.294. The smallest absolute Gasteiger partial charge is 0.101 e. The van der Waals surface area contributed by atoms with Gasteiger partial charge >= 0.3 is 0 Å². The number of amidine groups is 1. The van der Waals surface area contributed by atoms with E-state index in [-0.39, 0.29) is 0 Å². The fourth-order valence-corrected chi connectivity index (χ4v) is 1.78. The van der Waals surface area contributed by atoms with Gasteiger partial charge in [0.15, 0.2) is 0 Å². The highest BCUT2D eigenvalue weighted by atomic mass is 15.0. The summed E-state index contributed by atoms with van der Waals surface area (Å²) in [7, 11) is 0. The summed E-state index contributed by atoms with van der Waals surface area (Å²) in [6.07, 6.45) is 9.77. The third kappa shape index (κ3) is 4.25. The molecular formula is C11H19N5. The molecule has 5 nitrogen and oxygen atoms in total. The van der Waals surface area contributed by atoms with E-state index in [1.54, 1.807) is 0 Å². The maximum Gasteiger partial charge on any atom is 0.101 e. The zero-order valence-electron chi connectivity index (χ0n) is 9.37. The summed E-state index contributed by atoms with van der Waals surface area (Å²) in [5.74, 6) is 0.884. The van der Waals surface area contributed by atoms with Crippen LogP contribution in [0.5, 0.6) is 0 Å². The zero-order valence-corrected chi connectivity index (χ0v) is 9.37. The fourth-order valence-electron chi connectivity index (χ4n) is 1.78. The van der Waals surface area contributed by atoms with Crippen LogP contribution in [-0.4, -0.2) is 18.4 Å². The Morgan fingerprint density at radius 3 is 2.62 bits per heavy atom. The molecule has 1 aliphatic carbocycles. The predicted molar refractivity (Wildman–Crippen MR) is 67.0 cm³/mol. The second kappa shape index (κ2) is 6.76. The van der Waals surface area contributed by atoms with Crippen LogP contribution in [0.25, 0.3) is 0 Å². The molecule has 16 heavy (non-hydrogen) atoms. The fraction of sp³-hybridized carbons (Fsp3) is 0.545. The molecular weight excluding hydrogens is 202 g/mol. The van der Waals surface area contributed by atoms with E-state index in [4.69, 9.17) is 16.6 Å². The molecule has 0 bridgehead atoms. The second-order valence-corrected chi connectivity index (χ2v) is 3.94. The lowest BCUT2D eigenvalue weighted by molar-refractivity contribution is 0.434. The van der Waals surface area contributed by atoms with Crippen LogP contribution < -0.4 is 11.1 Å². The highest BCUT2D eigenvalue weighted by Crippen LogP contribution is 2.23. The van der Waals surface area contributed by atoms with Crippen LogP contribution in [0.1, 0.15) is 32.1 Å². The van der Waals surface area contributed by atoms with Crippen LogP contribution in [0.2, 0.25) is 0 Å². The molecule has 0 unspecified atom stereocenters. The monoisotopic (exact) mass is 221 g/mol. The molecule has 0 amide bonds. The van der Waals surface area contributed by atoms with Gasteiger partial charge in [-0.2, -0.15) is 0 Å². The Kier molecular flexibility index (Phi) is 5.25. The summed E-state index contributed by atoms with van der Waals surface area (Å²) < 4.78 is 0. The summed E-state index contributed by atoms with van der Waals surface area (Å²) in [5.41, 5.74) is 5.65. The van der Waals surface area contributed by atoms with Gasteiger partial charge in [0.1, 0.15) is 5.84 Å². The van der Waals surface area contributed by atoms with Crippen LogP contribution in [-0.2, 0) is 0 Å². The average Bonchev–Trinajstić information content (AvgIpc) is 2.35. The largest absolute Gasteiger partial charge is 0.396 e. The van der Waals surface area contributed by atoms with E-state index in [9.17, 15) is 0 Å². The van der Waals surface area contributed by atoms with Crippen LogP contribution in [0.3, 0.4) is 0 Å². The Balaban J connectivity index is 2.31. The van der Waals surface area contributed by atoms with Gasteiger partial charge in [-0.15, -0.1) is 0 Å². The predicted octanol–water partition coefficient (Wildman–Crippen LogP) is 1.61. The van der Waals surface area contributed by atoms with Gasteiger partial charge in [0.25, 0.3) is 0 Å². The lowest BCUT2D eigenvalue weighted by atomic mass is 9.88. The first-order valence-electron chi connectivity index (χ1n) is 5.56. The molecule has 0 aromatic rings. The SMILES string of the molecule is N=C/C(N)=C\N=C/NC(=N)C1CCCCC1. The standard InChI is InChI=1S/C11H19N5/c12-6-10(13)7-15-8-16-11(14)9-4-2-1-3-5-9/h6-9,12H,1-5,13H2,(H2,14,15,16)/b10-7+,12-6?. The molecule has 0 saturated heterocycles. The molecule has 0 aromatic carbocycles. The van der Waals surface area contributed by atoms with E-state index >= 15 is 0 Å². The Morgan fingerprint density at radius 2 is 2.00 bits per heavy atom. The van der Waals surface area contributed by atoms with Gasteiger partial charge in [-0.1, -0.05) is 19.3 Å². The molecule has 0 aliphatic heterocycles. The Bertz CT molecular complexity index is 299. The van der Waals surface area contributed by atoms with E-state index < -0.39 is 0 Å². The summed E-state index contributed by atoms with van der Waals surface area (Å²) in [6, 6.07) is 0. The molecule has 5 N–H and O–H groups in total. The molecule has 0 atom stereocenters. The first-order valence-corrected chi connectivity index (χ1v) is 5.56. The van der Waals surface area contributed by atoms with Crippen molar-refractivity contribution in [3.05, 3.63) is 11.9 Å². The number of aliphatic imine (C=N–C) groups is 1. The van der Waals surface area contributed by atoms with Gasteiger partial charge in [0.2, 0.25) is 0 Å². The molecule has 0 spiro atoms. The first-order chi connectivity index (χ1) is 7.74. The normalized spacial score (nSPS) is 18.6. The summed E-state index contributed by atoms with van der Waals surface area (Å²) in [4.78, 5) is 3.86. The number of hydrogen-bond acceptors (Lipinski definition) is 4. The first kappa shape index (κ1) is 12.4. The van der Waals surface area contributed by atoms with Crippen molar-refractivity contribution in [3.63, 3.8) is 0 Å². The van der Waals surface area contributed by atoms with Crippen molar-refractivity contribution in [2.75, 3.05) is 0 Å². The number of rotatable bonds is 4. The number of hydrogen-bond donors (Lipinski definition) is 4. The van der Waals surface area contributed by atoms with Crippen molar-refractivity contribution in [2.24, 2.45) is 16.6 Å². The number of nitrogens with two attached hydrogens (primary N) is 1. The van der Waals surface area contributed by atoms with Crippen molar-refractivity contribution in [2.45, 2.75) is 32.1 Å². The van der Waals surface area contributed by atoms with E-state index in [1.807, 2.05) is 0 Å².